The smallest absolute Gasteiger partial charge is 0.323 e. The number of hydrogen-bond acceptors (Lipinski definition) is 4. The molecule has 1 aromatic carbocycles. The van der Waals surface area contributed by atoms with Gasteiger partial charge in [0.25, 0.3) is 0 Å². The second-order valence-corrected chi connectivity index (χ2v) is 3.68. The predicted molar refractivity (Wildman–Crippen MR) is 62.7 cm³/mol. The SMILES string of the molecule is Cc1cc(Oc2nccc(N)n2)ccc1Cl. The Morgan fingerprint density at radius 1 is 1.31 bits per heavy atom. The minimum Gasteiger partial charge on any atom is -0.424 e. The van der Waals surface area contributed by atoms with Crippen LogP contribution in [0.25, 0.3) is 0 Å². The van der Waals surface area contributed by atoms with Gasteiger partial charge < -0.3 is 10.5 Å². The second kappa shape index (κ2) is 4.37. The Bertz CT molecular complexity index is 516. The van der Waals surface area contributed by atoms with Gasteiger partial charge in [-0.3, -0.25) is 0 Å². The summed E-state index contributed by atoms with van der Waals surface area (Å²) in [6.45, 7) is 1.90. The van der Waals surface area contributed by atoms with Crippen LogP contribution in [0.4, 0.5) is 5.82 Å². The maximum absolute atomic E-state index is 5.90. The van der Waals surface area contributed by atoms with Crippen LogP contribution in [0.5, 0.6) is 11.8 Å². The highest BCUT2D eigenvalue weighted by Gasteiger charge is 2.02. The van der Waals surface area contributed by atoms with E-state index in [-0.39, 0.29) is 6.01 Å². The van der Waals surface area contributed by atoms with E-state index in [1.807, 2.05) is 13.0 Å². The lowest BCUT2D eigenvalue weighted by Crippen LogP contribution is -1.95. The Morgan fingerprint density at radius 2 is 2.12 bits per heavy atom. The first-order chi connectivity index (χ1) is 7.65. The van der Waals surface area contributed by atoms with E-state index >= 15 is 0 Å². The maximum atomic E-state index is 5.90. The molecule has 0 spiro atoms. The molecule has 82 valence electrons. The molecule has 0 aliphatic rings. The maximum Gasteiger partial charge on any atom is 0.323 e. The number of nitrogens with zero attached hydrogens (tertiary/aromatic N) is 2. The van der Waals surface area contributed by atoms with E-state index in [4.69, 9.17) is 22.1 Å². The molecule has 0 aliphatic carbocycles. The second-order valence-electron chi connectivity index (χ2n) is 3.28. The number of nitrogen functional groups attached to an aromatic ring is 1. The van der Waals surface area contributed by atoms with Gasteiger partial charge in [-0.15, -0.1) is 0 Å². The van der Waals surface area contributed by atoms with Crippen molar-refractivity contribution >= 4 is 17.4 Å². The quantitative estimate of drug-likeness (QED) is 0.870. The normalized spacial score (nSPS) is 10.1. The number of anilines is 1. The highest BCUT2D eigenvalue weighted by atomic mass is 35.5. The van der Waals surface area contributed by atoms with Crippen molar-refractivity contribution in [2.24, 2.45) is 0 Å². The summed E-state index contributed by atoms with van der Waals surface area (Å²) >= 11 is 5.90. The zero-order valence-electron chi connectivity index (χ0n) is 8.64. The molecule has 0 saturated heterocycles. The van der Waals surface area contributed by atoms with E-state index in [0.717, 1.165) is 5.56 Å². The summed E-state index contributed by atoms with van der Waals surface area (Å²) in [5.74, 6) is 1.00. The van der Waals surface area contributed by atoms with Crippen LogP contribution in [0.15, 0.2) is 30.5 Å². The van der Waals surface area contributed by atoms with Crippen LogP contribution in [0, 0.1) is 6.92 Å². The fraction of sp³-hybridized carbons (Fsp3) is 0.0909. The zero-order valence-corrected chi connectivity index (χ0v) is 9.40. The molecule has 4 nitrogen and oxygen atoms in total. The summed E-state index contributed by atoms with van der Waals surface area (Å²) in [6, 6.07) is 7.15. The third-order valence-corrected chi connectivity index (χ3v) is 2.42. The van der Waals surface area contributed by atoms with E-state index in [2.05, 4.69) is 9.97 Å². The van der Waals surface area contributed by atoms with Crippen molar-refractivity contribution < 1.29 is 4.74 Å². The molecule has 1 aromatic heterocycles. The number of benzene rings is 1. The number of rotatable bonds is 2. The number of halogens is 1. The molecule has 0 bridgehead atoms. The highest BCUT2D eigenvalue weighted by molar-refractivity contribution is 6.31. The van der Waals surface area contributed by atoms with Crippen molar-refractivity contribution in [3.8, 4) is 11.8 Å². The summed E-state index contributed by atoms with van der Waals surface area (Å²) in [5.41, 5.74) is 6.45. The molecule has 0 fully saturated rings. The van der Waals surface area contributed by atoms with Crippen molar-refractivity contribution in [3.05, 3.63) is 41.0 Å². The Hall–Kier alpha value is -1.81. The van der Waals surface area contributed by atoms with E-state index in [1.54, 1.807) is 24.4 Å². The van der Waals surface area contributed by atoms with Crippen molar-refractivity contribution in [2.45, 2.75) is 6.92 Å². The third kappa shape index (κ3) is 2.41. The number of nitrogens with two attached hydrogens (primary N) is 1. The first-order valence-corrected chi connectivity index (χ1v) is 5.05. The molecule has 0 unspecified atom stereocenters. The van der Waals surface area contributed by atoms with Gasteiger partial charge in [0.05, 0.1) is 0 Å². The summed E-state index contributed by atoms with van der Waals surface area (Å²) in [4.78, 5) is 7.87. The molecule has 2 rings (SSSR count). The Balaban J connectivity index is 2.24. The van der Waals surface area contributed by atoms with Crippen LogP contribution < -0.4 is 10.5 Å². The van der Waals surface area contributed by atoms with E-state index < -0.39 is 0 Å². The Labute approximate surface area is 98.0 Å². The number of hydrogen-bond donors (Lipinski definition) is 1. The first-order valence-electron chi connectivity index (χ1n) is 4.67. The van der Waals surface area contributed by atoms with Gasteiger partial charge in [0, 0.05) is 11.2 Å². The summed E-state index contributed by atoms with van der Waals surface area (Å²) in [6.07, 6.45) is 1.54. The molecular formula is C11H10ClN3O. The van der Waals surface area contributed by atoms with Crippen molar-refractivity contribution in [2.75, 3.05) is 5.73 Å². The first kappa shape index (κ1) is 10.7. The third-order valence-electron chi connectivity index (χ3n) is 1.99. The monoisotopic (exact) mass is 235 g/mol. The van der Waals surface area contributed by atoms with Gasteiger partial charge in [-0.05, 0) is 36.8 Å². The summed E-state index contributed by atoms with van der Waals surface area (Å²) < 4.78 is 5.43. The Kier molecular flexibility index (Phi) is 2.92. The minimum absolute atomic E-state index is 0.224. The molecule has 16 heavy (non-hydrogen) atoms. The van der Waals surface area contributed by atoms with Crippen molar-refractivity contribution in [1.82, 2.24) is 9.97 Å². The molecule has 0 radical (unpaired) electrons. The average Bonchev–Trinajstić information content (AvgIpc) is 2.24. The molecular weight excluding hydrogens is 226 g/mol. The number of aromatic nitrogens is 2. The van der Waals surface area contributed by atoms with Crippen molar-refractivity contribution in [1.29, 1.82) is 0 Å². The average molecular weight is 236 g/mol. The lowest BCUT2D eigenvalue weighted by Gasteiger charge is -2.05. The lowest BCUT2D eigenvalue weighted by atomic mass is 10.2. The van der Waals surface area contributed by atoms with Gasteiger partial charge in [-0.2, -0.15) is 4.98 Å². The zero-order chi connectivity index (χ0) is 11.5. The molecule has 0 amide bonds. The molecule has 2 N–H and O–H groups in total. The molecule has 0 atom stereocenters. The minimum atomic E-state index is 0.224. The predicted octanol–water partition coefficient (Wildman–Crippen LogP) is 2.81. The van der Waals surface area contributed by atoms with Crippen LogP contribution in [-0.4, -0.2) is 9.97 Å². The van der Waals surface area contributed by atoms with Crippen LogP contribution in [0.1, 0.15) is 5.56 Å². The van der Waals surface area contributed by atoms with Crippen LogP contribution in [0.2, 0.25) is 5.02 Å². The van der Waals surface area contributed by atoms with Crippen LogP contribution in [-0.2, 0) is 0 Å². The van der Waals surface area contributed by atoms with E-state index in [9.17, 15) is 0 Å². The Morgan fingerprint density at radius 3 is 2.81 bits per heavy atom. The van der Waals surface area contributed by atoms with Gasteiger partial charge in [-0.1, -0.05) is 11.6 Å². The van der Waals surface area contributed by atoms with E-state index in [1.165, 1.54) is 0 Å². The van der Waals surface area contributed by atoms with Crippen molar-refractivity contribution in [3.63, 3.8) is 0 Å². The fourth-order valence-electron chi connectivity index (χ4n) is 1.19. The van der Waals surface area contributed by atoms with Gasteiger partial charge in [0.15, 0.2) is 0 Å². The summed E-state index contributed by atoms with van der Waals surface area (Å²) in [7, 11) is 0. The van der Waals surface area contributed by atoms with E-state index in [0.29, 0.717) is 16.6 Å². The standard InChI is InChI=1S/C11H10ClN3O/c1-7-6-8(2-3-9(7)12)16-11-14-5-4-10(13)15-11/h2-6H,1H3,(H2,13,14,15). The largest absolute Gasteiger partial charge is 0.424 e. The highest BCUT2D eigenvalue weighted by Crippen LogP contribution is 2.24. The number of aryl methyl sites for hydroxylation is 1. The van der Waals surface area contributed by atoms with Gasteiger partial charge in [-0.25, -0.2) is 4.98 Å². The lowest BCUT2D eigenvalue weighted by molar-refractivity contribution is 0.442. The summed E-state index contributed by atoms with van der Waals surface area (Å²) in [5, 5.41) is 0.695. The number of ether oxygens (including phenoxy) is 1. The molecule has 2 aromatic rings. The molecule has 5 heteroatoms. The molecule has 0 saturated carbocycles. The van der Waals surface area contributed by atoms with Crippen LogP contribution >= 0.6 is 11.6 Å². The van der Waals surface area contributed by atoms with Gasteiger partial charge in [0.2, 0.25) is 0 Å². The van der Waals surface area contributed by atoms with Gasteiger partial charge >= 0.3 is 6.01 Å². The van der Waals surface area contributed by atoms with Crippen LogP contribution in [0.3, 0.4) is 0 Å². The fourth-order valence-corrected chi connectivity index (χ4v) is 1.31. The molecule has 1 heterocycles. The molecule has 0 aliphatic heterocycles. The topological polar surface area (TPSA) is 61.0 Å². The van der Waals surface area contributed by atoms with Gasteiger partial charge in [0.1, 0.15) is 11.6 Å².